The summed E-state index contributed by atoms with van der Waals surface area (Å²) in [4.78, 5) is 19.3. The van der Waals surface area contributed by atoms with Crippen LogP contribution in [0.1, 0.15) is 0 Å². The maximum atomic E-state index is 12.9. The van der Waals surface area contributed by atoms with Crippen LogP contribution in [0.25, 0.3) is 20.7 Å². The maximum Gasteiger partial charge on any atom is 0.263 e. The van der Waals surface area contributed by atoms with Gasteiger partial charge in [0.2, 0.25) is 0 Å². The van der Waals surface area contributed by atoms with E-state index in [0.717, 1.165) is 15.3 Å². The molecule has 0 bridgehead atoms. The van der Waals surface area contributed by atoms with Crippen LogP contribution in [0.5, 0.6) is 0 Å². The van der Waals surface area contributed by atoms with Crippen LogP contribution < -0.4 is 5.56 Å². The molecule has 3 rings (SSSR count). The molecule has 0 atom stereocenters. The molecule has 0 aliphatic rings. The monoisotopic (exact) mass is 350 g/mol. The van der Waals surface area contributed by atoms with Crippen molar-refractivity contribution in [3.63, 3.8) is 0 Å². The van der Waals surface area contributed by atoms with Crippen LogP contribution >= 0.6 is 34.4 Å². The number of fused-ring (bicyclic) bond motifs is 1. The van der Waals surface area contributed by atoms with E-state index in [9.17, 15) is 4.79 Å². The lowest BCUT2D eigenvalue weighted by molar-refractivity contribution is 0.322. The van der Waals surface area contributed by atoms with Crippen molar-refractivity contribution in [2.24, 2.45) is 0 Å². The first kappa shape index (κ1) is 15.5. The minimum Gasteiger partial charge on any atom is -0.396 e. The van der Waals surface area contributed by atoms with Crippen molar-refractivity contribution < 1.29 is 5.11 Å². The van der Waals surface area contributed by atoms with Crippen LogP contribution in [-0.2, 0) is 6.54 Å². The normalized spacial score (nSPS) is 11.1. The molecule has 0 radical (unpaired) electrons. The highest BCUT2D eigenvalue weighted by Gasteiger charge is 2.17. The van der Waals surface area contributed by atoms with E-state index < -0.39 is 0 Å². The van der Waals surface area contributed by atoms with Gasteiger partial charge in [-0.1, -0.05) is 23.9 Å². The number of aromatic nitrogens is 2. The number of aliphatic hydroxyl groups excluding tert-OH is 1. The number of thioether (sulfide) groups is 1. The molecule has 0 saturated heterocycles. The Morgan fingerprint density at radius 3 is 3.00 bits per heavy atom. The van der Waals surface area contributed by atoms with E-state index in [4.69, 9.17) is 5.11 Å². The third-order valence-electron chi connectivity index (χ3n) is 3.08. The smallest absolute Gasteiger partial charge is 0.263 e. The van der Waals surface area contributed by atoms with Gasteiger partial charge >= 0.3 is 0 Å². The summed E-state index contributed by atoms with van der Waals surface area (Å²) in [5, 5.41) is 14.3. The Kier molecular flexibility index (Phi) is 4.77. The maximum absolute atomic E-state index is 12.9. The fourth-order valence-electron chi connectivity index (χ4n) is 2.16. The molecule has 114 valence electrons. The molecule has 0 amide bonds. The van der Waals surface area contributed by atoms with Crippen LogP contribution in [0.15, 0.2) is 45.5 Å². The van der Waals surface area contributed by atoms with E-state index in [0.29, 0.717) is 22.8 Å². The van der Waals surface area contributed by atoms with Crippen molar-refractivity contribution in [3.8, 4) is 10.4 Å². The van der Waals surface area contributed by atoms with Gasteiger partial charge in [-0.05, 0) is 11.4 Å². The van der Waals surface area contributed by atoms with Crippen molar-refractivity contribution >= 4 is 44.7 Å². The Morgan fingerprint density at radius 1 is 1.45 bits per heavy atom. The first-order valence-electron chi connectivity index (χ1n) is 6.66. The molecule has 0 aliphatic heterocycles. The number of hydrogen-bond donors (Lipinski definition) is 1. The van der Waals surface area contributed by atoms with E-state index in [-0.39, 0.29) is 12.2 Å². The van der Waals surface area contributed by atoms with Gasteiger partial charge in [0.25, 0.3) is 5.56 Å². The fraction of sp³-hybridized carbons (Fsp3) is 0.200. The molecule has 3 heterocycles. The zero-order chi connectivity index (χ0) is 15.5. The third kappa shape index (κ3) is 2.77. The molecule has 7 heteroatoms. The summed E-state index contributed by atoms with van der Waals surface area (Å²) < 4.78 is 1.62. The molecule has 1 N–H and O–H groups in total. The first-order chi connectivity index (χ1) is 10.8. The lowest BCUT2D eigenvalue weighted by Crippen LogP contribution is -2.22. The Bertz CT molecular complexity index is 850. The van der Waals surface area contributed by atoms with E-state index in [2.05, 4.69) is 11.6 Å². The summed E-state index contributed by atoms with van der Waals surface area (Å²) in [6.45, 7) is 4.18. The SMILES string of the molecule is C=CCn1c(SCCO)nc2scc(-c3cccs3)c2c1=O. The summed E-state index contributed by atoms with van der Waals surface area (Å²) in [5.41, 5.74) is 0.902. The zero-order valence-electron chi connectivity index (χ0n) is 11.7. The molecule has 0 spiro atoms. The number of thiophene rings is 2. The van der Waals surface area contributed by atoms with Crippen molar-refractivity contribution in [2.75, 3.05) is 12.4 Å². The predicted molar refractivity (Wildman–Crippen MR) is 95.2 cm³/mol. The summed E-state index contributed by atoms with van der Waals surface area (Å²) in [5.74, 6) is 0.512. The highest BCUT2D eigenvalue weighted by atomic mass is 32.2. The minimum absolute atomic E-state index is 0.0463. The van der Waals surface area contributed by atoms with Crippen LogP contribution in [0.2, 0.25) is 0 Å². The standard InChI is InChI=1S/C15H14N2O2S3/c1-2-5-17-14(19)12-10(11-4-3-7-20-11)9-22-13(12)16-15(17)21-8-6-18/h2-4,7,9,18H,1,5-6,8H2. The Hall–Kier alpha value is -1.41. The van der Waals surface area contributed by atoms with Gasteiger partial charge in [0, 0.05) is 28.1 Å². The van der Waals surface area contributed by atoms with Gasteiger partial charge in [0.1, 0.15) is 4.83 Å². The van der Waals surface area contributed by atoms with Crippen LogP contribution in [0.3, 0.4) is 0 Å². The lowest BCUT2D eigenvalue weighted by atomic mass is 10.2. The molecular weight excluding hydrogens is 336 g/mol. The quantitative estimate of drug-likeness (QED) is 0.420. The van der Waals surface area contributed by atoms with Crippen molar-refractivity contribution in [3.05, 3.63) is 45.9 Å². The predicted octanol–water partition coefficient (Wildman–Crippen LogP) is 3.46. The Balaban J connectivity index is 2.23. The van der Waals surface area contributed by atoms with Crippen molar-refractivity contribution in [1.82, 2.24) is 9.55 Å². The lowest BCUT2D eigenvalue weighted by Gasteiger charge is -2.09. The second kappa shape index (κ2) is 6.78. The van der Waals surface area contributed by atoms with E-state index in [1.807, 2.05) is 22.9 Å². The Labute approximate surface area is 139 Å². The zero-order valence-corrected chi connectivity index (χ0v) is 14.1. The molecule has 22 heavy (non-hydrogen) atoms. The number of nitrogens with zero attached hydrogens (tertiary/aromatic N) is 2. The topological polar surface area (TPSA) is 55.1 Å². The highest BCUT2D eigenvalue weighted by molar-refractivity contribution is 7.99. The van der Waals surface area contributed by atoms with Gasteiger partial charge < -0.3 is 5.11 Å². The van der Waals surface area contributed by atoms with Gasteiger partial charge in [0.05, 0.1) is 12.0 Å². The molecule has 3 aromatic heterocycles. The second-order valence-electron chi connectivity index (χ2n) is 4.48. The van der Waals surface area contributed by atoms with Gasteiger partial charge in [-0.2, -0.15) is 0 Å². The largest absolute Gasteiger partial charge is 0.396 e. The van der Waals surface area contributed by atoms with Gasteiger partial charge in [-0.3, -0.25) is 9.36 Å². The molecule has 0 aliphatic carbocycles. The summed E-state index contributed by atoms with van der Waals surface area (Å²) in [6, 6.07) is 3.99. The summed E-state index contributed by atoms with van der Waals surface area (Å²) >= 11 is 4.48. The average Bonchev–Trinajstić information content (AvgIpc) is 3.17. The highest BCUT2D eigenvalue weighted by Crippen LogP contribution is 2.34. The van der Waals surface area contributed by atoms with Gasteiger partial charge in [-0.15, -0.1) is 29.3 Å². The number of aliphatic hydroxyl groups is 1. The van der Waals surface area contributed by atoms with Crippen molar-refractivity contribution in [1.29, 1.82) is 0 Å². The van der Waals surface area contributed by atoms with Gasteiger partial charge in [0.15, 0.2) is 5.16 Å². The number of allylic oxidation sites excluding steroid dienone is 1. The van der Waals surface area contributed by atoms with Crippen molar-refractivity contribution in [2.45, 2.75) is 11.7 Å². The molecular formula is C15H14N2O2S3. The molecule has 0 unspecified atom stereocenters. The summed E-state index contributed by atoms with van der Waals surface area (Å²) in [6.07, 6.45) is 1.69. The molecule has 0 saturated carbocycles. The molecule has 4 nitrogen and oxygen atoms in total. The van der Waals surface area contributed by atoms with Crippen LogP contribution in [0.4, 0.5) is 0 Å². The second-order valence-corrected chi connectivity index (χ2v) is 7.35. The fourth-order valence-corrected chi connectivity index (χ4v) is 4.71. The number of hydrogen-bond acceptors (Lipinski definition) is 6. The van der Waals surface area contributed by atoms with E-state index >= 15 is 0 Å². The molecule has 0 fully saturated rings. The Morgan fingerprint density at radius 2 is 2.32 bits per heavy atom. The summed E-state index contributed by atoms with van der Waals surface area (Å²) in [7, 11) is 0. The van der Waals surface area contributed by atoms with E-state index in [1.54, 1.807) is 22.0 Å². The van der Waals surface area contributed by atoms with Crippen LogP contribution in [0, 0.1) is 0 Å². The van der Waals surface area contributed by atoms with E-state index in [1.165, 1.54) is 23.1 Å². The molecule has 0 aromatic carbocycles. The molecule has 3 aromatic rings. The average molecular weight is 350 g/mol. The van der Waals surface area contributed by atoms with Gasteiger partial charge in [-0.25, -0.2) is 4.98 Å². The third-order valence-corrected chi connectivity index (χ3v) is 5.81. The van der Waals surface area contributed by atoms with Crippen LogP contribution in [-0.4, -0.2) is 27.0 Å². The number of rotatable bonds is 6. The first-order valence-corrected chi connectivity index (χ1v) is 9.41. The minimum atomic E-state index is -0.0463.